The third-order valence-corrected chi connectivity index (χ3v) is 8.01. The number of para-hydroxylation sites is 1. The van der Waals surface area contributed by atoms with Gasteiger partial charge in [-0.1, -0.05) is 12.1 Å². The molecule has 0 radical (unpaired) electrons. The van der Waals surface area contributed by atoms with Crippen molar-refractivity contribution >= 4 is 25.7 Å². The molecule has 1 fully saturated rings. The zero-order valence-corrected chi connectivity index (χ0v) is 17.4. The molecule has 12 heteroatoms. The molecule has 1 N–H and O–H groups in total. The molecular formula is C18H20F3N3O4S2. The Hall–Kier alpha value is -2.15. The molecule has 0 bridgehead atoms. The fraction of sp³-hybridized carbons (Fsp3) is 0.333. The number of rotatable bonds is 7. The summed E-state index contributed by atoms with van der Waals surface area (Å²) in [6, 6.07) is 8.17. The Bertz CT molecular complexity index is 1120. The van der Waals surface area contributed by atoms with E-state index in [2.05, 4.69) is 0 Å². The van der Waals surface area contributed by atoms with Crippen LogP contribution < -0.4 is 9.62 Å². The van der Waals surface area contributed by atoms with Crippen molar-refractivity contribution in [1.82, 2.24) is 9.03 Å². The van der Waals surface area contributed by atoms with Gasteiger partial charge in [0.05, 0.1) is 11.4 Å². The van der Waals surface area contributed by atoms with Gasteiger partial charge in [-0.2, -0.15) is 4.31 Å². The minimum absolute atomic E-state index is 0.113. The van der Waals surface area contributed by atoms with E-state index < -0.39 is 54.7 Å². The molecule has 3 rings (SSSR count). The second kappa shape index (κ2) is 8.92. The van der Waals surface area contributed by atoms with Gasteiger partial charge in [-0.25, -0.2) is 34.7 Å². The first-order chi connectivity index (χ1) is 14.1. The number of benzene rings is 2. The van der Waals surface area contributed by atoms with Gasteiger partial charge in [0.2, 0.25) is 20.0 Å². The molecule has 0 aromatic heterocycles. The average molecular weight is 464 g/mol. The molecular weight excluding hydrogens is 443 g/mol. The first-order valence-electron chi connectivity index (χ1n) is 9.02. The highest BCUT2D eigenvalue weighted by molar-refractivity contribution is 7.90. The average Bonchev–Trinajstić information content (AvgIpc) is 2.70. The van der Waals surface area contributed by atoms with E-state index in [1.807, 2.05) is 4.72 Å². The van der Waals surface area contributed by atoms with E-state index in [9.17, 15) is 30.0 Å². The highest BCUT2D eigenvalue weighted by Crippen LogP contribution is 2.21. The Morgan fingerprint density at radius 1 is 0.867 bits per heavy atom. The molecule has 1 aliphatic rings. The molecule has 2 aromatic carbocycles. The maximum atomic E-state index is 13.9. The van der Waals surface area contributed by atoms with E-state index in [1.54, 1.807) is 23.1 Å². The van der Waals surface area contributed by atoms with Crippen molar-refractivity contribution < 1.29 is 30.0 Å². The lowest BCUT2D eigenvalue weighted by atomic mass is 10.2. The largest absolute Gasteiger partial charge is 0.367 e. The smallest absolute Gasteiger partial charge is 0.243 e. The molecule has 2 aromatic rings. The maximum Gasteiger partial charge on any atom is 0.243 e. The number of nitrogens with one attached hydrogen (secondary N) is 1. The molecule has 0 atom stereocenters. The fourth-order valence-corrected chi connectivity index (χ4v) is 5.70. The van der Waals surface area contributed by atoms with Gasteiger partial charge in [0, 0.05) is 32.7 Å². The molecule has 1 aliphatic heterocycles. The predicted molar refractivity (Wildman–Crippen MR) is 106 cm³/mol. The van der Waals surface area contributed by atoms with Gasteiger partial charge in [0.15, 0.2) is 0 Å². The maximum absolute atomic E-state index is 13.9. The minimum atomic E-state index is -4.41. The lowest BCUT2D eigenvalue weighted by Crippen LogP contribution is -2.50. The Labute approximate surface area is 173 Å². The number of halogens is 3. The lowest BCUT2D eigenvalue weighted by Gasteiger charge is -2.35. The Balaban J connectivity index is 1.57. The monoisotopic (exact) mass is 463 g/mol. The highest BCUT2D eigenvalue weighted by Gasteiger charge is 2.28. The van der Waals surface area contributed by atoms with Crippen LogP contribution in [0.2, 0.25) is 0 Å². The van der Waals surface area contributed by atoms with Gasteiger partial charge in [-0.05, 0) is 30.3 Å². The van der Waals surface area contributed by atoms with Crippen LogP contribution in [0.5, 0.6) is 0 Å². The van der Waals surface area contributed by atoms with Gasteiger partial charge < -0.3 is 4.90 Å². The lowest BCUT2D eigenvalue weighted by molar-refractivity contribution is 0.383. The molecule has 0 unspecified atom stereocenters. The molecule has 1 saturated heterocycles. The van der Waals surface area contributed by atoms with Crippen molar-refractivity contribution in [3.05, 3.63) is 59.9 Å². The Morgan fingerprint density at radius 3 is 2.20 bits per heavy atom. The van der Waals surface area contributed by atoms with Gasteiger partial charge in [0.1, 0.15) is 22.3 Å². The summed E-state index contributed by atoms with van der Waals surface area (Å²) in [4.78, 5) is 0.843. The third-order valence-electron chi connectivity index (χ3n) is 4.66. The van der Waals surface area contributed by atoms with Crippen LogP contribution in [0.4, 0.5) is 18.9 Å². The number of nitrogens with zero attached hydrogens (tertiary/aromatic N) is 2. The molecule has 30 heavy (non-hydrogen) atoms. The zero-order chi connectivity index (χ0) is 21.9. The van der Waals surface area contributed by atoms with Crippen LogP contribution >= 0.6 is 0 Å². The number of sulfonamides is 2. The summed E-state index contributed by atoms with van der Waals surface area (Å²) >= 11 is 0. The number of anilines is 1. The summed E-state index contributed by atoms with van der Waals surface area (Å²) < 4.78 is 93.2. The molecule has 0 aliphatic carbocycles. The van der Waals surface area contributed by atoms with Crippen molar-refractivity contribution in [2.75, 3.05) is 43.4 Å². The van der Waals surface area contributed by atoms with Crippen molar-refractivity contribution in [2.24, 2.45) is 0 Å². The summed E-state index contributed by atoms with van der Waals surface area (Å²) in [5.74, 6) is -3.02. The van der Waals surface area contributed by atoms with Gasteiger partial charge in [-0.3, -0.25) is 0 Å². The van der Waals surface area contributed by atoms with Crippen molar-refractivity contribution in [1.29, 1.82) is 0 Å². The second-order valence-corrected chi connectivity index (χ2v) is 10.4. The van der Waals surface area contributed by atoms with Crippen molar-refractivity contribution in [3.63, 3.8) is 0 Å². The normalized spacial score (nSPS) is 16.0. The number of hydrogen-bond acceptors (Lipinski definition) is 5. The predicted octanol–water partition coefficient (Wildman–Crippen LogP) is 1.53. The molecule has 0 amide bonds. The van der Waals surface area contributed by atoms with Crippen LogP contribution in [0.25, 0.3) is 0 Å². The summed E-state index contributed by atoms with van der Waals surface area (Å²) in [6.45, 7) is 0.277. The summed E-state index contributed by atoms with van der Waals surface area (Å²) in [6.07, 6.45) is 0. The van der Waals surface area contributed by atoms with Gasteiger partial charge in [-0.15, -0.1) is 0 Å². The van der Waals surface area contributed by atoms with Gasteiger partial charge >= 0.3 is 0 Å². The van der Waals surface area contributed by atoms with Crippen LogP contribution in [0.15, 0.2) is 47.4 Å². The van der Waals surface area contributed by atoms with Crippen LogP contribution in [-0.2, 0) is 20.0 Å². The first kappa shape index (κ1) is 22.5. The van der Waals surface area contributed by atoms with Crippen molar-refractivity contribution in [3.8, 4) is 0 Å². The molecule has 1 heterocycles. The van der Waals surface area contributed by atoms with Crippen LogP contribution in [0, 0.1) is 17.5 Å². The highest BCUT2D eigenvalue weighted by atomic mass is 32.2. The molecule has 7 nitrogen and oxygen atoms in total. The van der Waals surface area contributed by atoms with E-state index in [0.29, 0.717) is 17.8 Å². The van der Waals surface area contributed by atoms with E-state index >= 15 is 0 Å². The molecule has 0 saturated carbocycles. The van der Waals surface area contributed by atoms with Crippen LogP contribution in [-0.4, -0.2) is 59.6 Å². The van der Waals surface area contributed by atoms with Gasteiger partial charge in [0.25, 0.3) is 0 Å². The number of hydrogen-bond donors (Lipinski definition) is 1. The standard InChI is InChI=1S/C18H20F3N3O4S2/c19-14-5-6-16(21)18(13-14)30(27,28)22-7-12-29(25,26)24-10-8-23(9-11-24)17-4-2-1-3-15(17)20/h1-6,13,22H,7-12H2. The van der Waals surface area contributed by atoms with Crippen molar-refractivity contribution in [2.45, 2.75) is 4.90 Å². The van der Waals surface area contributed by atoms with E-state index in [0.717, 1.165) is 6.07 Å². The SMILES string of the molecule is O=S(=O)(NCCS(=O)(=O)N1CCN(c2ccccc2F)CC1)c1cc(F)ccc1F. The Morgan fingerprint density at radius 2 is 1.53 bits per heavy atom. The zero-order valence-electron chi connectivity index (χ0n) is 15.8. The quantitative estimate of drug-likeness (QED) is 0.673. The molecule has 164 valence electrons. The van der Waals surface area contributed by atoms with Crippen LogP contribution in [0.3, 0.4) is 0 Å². The van der Waals surface area contributed by atoms with E-state index in [1.165, 1.54) is 10.4 Å². The van der Waals surface area contributed by atoms with Crippen LogP contribution in [0.1, 0.15) is 0 Å². The number of piperazine rings is 1. The topological polar surface area (TPSA) is 86.8 Å². The van der Waals surface area contributed by atoms with E-state index in [4.69, 9.17) is 0 Å². The third kappa shape index (κ3) is 5.12. The molecule has 0 spiro atoms. The Kier molecular flexibility index (Phi) is 6.70. The minimum Gasteiger partial charge on any atom is -0.367 e. The summed E-state index contributed by atoms with van der Waals surface area (Å²) in [5, 5.41) is 0. The summed E-state index contributed by atoms with van der Waals surface area (Å²) in [5.41, 5.74) is 0.388. The summed E-state index contributed by atoms with van der Waals surface area (Å²) in [7, 11) is -8.22. The second-order valence-electron chi connectivity index (χ2n) is 6.63. The first-order valence-corrected chi connectivity index (χ1v) is 12.1. The fourth-order valence-electron chi connectivity index (χ4n) is 3.11. The van der Waals surface area contributed by atoms with E-state index in [-0.39, 0.29) is 26.2 Å².